The van der Waals surface area contributed by atoms with Gasteiger partial charge in [-0.15, -0.1) is 0 Å². The summed E-state index contributed by atoms with van der Waals surface area (Å²) in [4.78, 5) is 10.2. The number of hydrogen-bond donors (Lipinski definition) is 0. The van der Waals surface area contributed by atoms with Crippen molar-refractivity contribution in [2.75, 3.05) is 0 Å². The second-order valence-electron chi connectivity index (χ2n) is 13.0. The molecule has 7 aromatic carbocycles. The van der Waals surface area contributed by atoms with Gasteiger partial charge in [-0.1, -0.05) is 127 Å². The first-order valence-electron chi connectivity index (χ1n) is 17.2. The van der Waals surface area contributed by atoms with Gasteiger partial charge in [0, 0.05) is 49.8 Å². The fourth-order valence-electron chi connectivity index (χ4n) is 7.89. The van der Waals surface area contributed by atoms with E-state index in [4.69, 9.17) is 14.4 Å². The van der Waals surface area contributed by atoms with Crippen LogP contribution in [-0.4, -0.2) is 19.1 Å². The van der Waals surface area contributed by atoms with E-state index >= 15 is 0 Å². The molecule has 4 aromatic heterocycles. The Labute approximate surface area is 292 Å². The Morgan fingerprint density at radius 2 is 0.941 bits per heavy atom. The van der Waals surface area contributed by atoms with Crippen LogP contribution in [0.25, 0.3) is 99.7 Å². The van der Waals surface area contributed by atoms with Crippen molar-refractivity contribution in [3.05, 3.63) is 170 Å². The molecule has 0 saturated heterocycles. The molecule has 11 rings (SSSR count). The predicted molar refractivity (Wildman–Crippen MR) is 209 cm³/mol. The topological polar surface area (TPSA) is 48.8 Å². The molecule has 0 aliphatic rings. The normalized spacial score (nSPS) is 11.9. The first-order chi connectivity index (χ1) is 25.3. The van der Waals surface area contributed by atoms with Crippen LogP contribution in [0.1, 0.15) is 0 Å². The van der Waals surface area contributed by atoms with Crippen molar-refractivity contribution in [3.63, 3.8) is 0 Å². The summed E-state index contributed by atoms with van der Waals surface area (Å²) in [6.07, 6.45) is 0. The van der Waals surface area contributed by atoms with E-state index < -0.39 is 0 Å². The summed E-state index contributed by atoms with van der Waals surface area (Å²) in [7, 11) is 0. The molecule has 5 heteroatoms. The third kappa shape index (κ3) is 4.09. The number of aromatic nitrogens is 4. The molecule has 11 aromatic rings. The molecule has 0 aliphatic heterocycles. The number of furan rings is 1. The van der Waals surface area contributed by atoms with Crippen molar-refractivity contribution in [1.29, 1.82) is 0 Å². The van der Waals surface area contributed by atoms with Gasteiger partial charge in [0.2, 0.25) is 0 Å². The number of benzene rings is 7. The van der Waals surface area contributed by atoms with Crippen LogP contribution in [0.15, 0.2) is 174 Å². The fraction of sp³-hybridized carbons (Fsp3) is 0. The molecule has 0 aliphatic carbocycles. The summed E-state index contributed by atoms with van der Waals surface area (Å²) in [6.45, 7) is 0. The molecule has 238 valence electrons. The molecule has 4 heterocycles. The van der Waals surface area contributed by atoms with E-state index in [0.717, 1.165) is 55.7 Å². The van der Waals surface area contributed by atoms with E-state index in [0.29, 0.717) is 11.4 Å². The van der Waals surface area contributed by atoms with Crippen LogP contribution in [0, 0.1) is 0 Å². The van der Waals surface area contributed by atoms with Crippen molar-refractivity contribution in [3.8, 4) is 34.0 Å². The van der Waals surface area contributed by atoms with Crippen LogP contribution < -0.4 is 0 Å². The molecule has 0 saturated carbocycles. The number of nitrogens with zero attached hydrogens (tertiary/aromatic N) is 4. The van der Waals surface area contributed by atoms with Crippen LogP contribution in [0.5, 0.6) is 0 Å². The lowest BCUT2D eigenvalue weighted by atomic mass is 10.1. The smallest absolute Gasteiger partial charge is 0.180 e. The van der Waals surface area contributed by atoms with Gasteiger partial charge in [0.15, 0.2) is 11.4 Å². The molecular formula is C46H28N4O. The van der Waals surface area contributed by atoms with Crippen LogP contribution in [0.2, 0.25) is 0 Å². The first kappa shape index (κ1) is 27.9. The maximum atomic E-state index is 6.78. The lowest BCUT2D eigenvalue weighted by molar-refractivity contribution is 0.667. The standard InChI is InChI=1S/C46H28N4O/c1-4-14-29(15-5-1)41-45-42(48-46(47-41)30-16-6-2-7-17-30)37-25-24-32(28-40(37)51-45)50-39-23-13-11-21-34(39)36-27-26-35-33-20-10-12-22-38(33)49(43(35)44(36)50)31-18-8-3-9-19-31/h1-28H. The Bertz CT molecular complexity index is 3120. The second kappa shape index (κ2) is 10.8. The van der Waals surface area contributed by atoms with Gasteiger partial charge < -0.3 is 13.6 Å². The fourth-order valence-corrected chi connectivity index (χ4v) is 7.89. The third-order valence-corrected chi connectivity index (χ3v) is 10.1. The number of rotatable bonds is 4. The number of para-hydroxylation sites is 3. The second-order valence-corrected chi connectivity index (χ2v) is 13.0. The first-order valence-corrected chi connectivity index (χ1v) is 17.2. The van der Waals surface area contributed by atoms with Crippen molar-refractivity contribution < 1.29 is 4.42 Å². The Kier molecular flexibility index (Phi) is 5.89. The van der Waals surface area contributed by atoms with Crippen LogP contribution in [0.4, 0.5) is 0 Å². The molecule has 0 N–H and O–H groups in total. The molecule has 51 heavy (non-hydrogen) atoms. The zero-order chi connectivity index (χ0) is 33.5. The third-order valence-electron chi connectivity index (χ3n) is 10.1. The molecule has 0 radical (unpaired) electrons. The number of hydrogen-bond acceptors (Lipinski definition) is 3. The highest BCUT2D eigenvalue weighted by Crippen LogP contribution is 2.43. The van der Waals surface area contributed by atoms with Crippen molar-refractivity contribution in [2.24, 2.45) is 0 Å². The number of fused-ring (bicyclic) bond motifs is 10. The van der Waals surface area contributed by atoms with Crippen LogP contribution in [-0.2, 0) is 0 Å². The minimum absolute atomic E-state index is 0.673. The monoisotopic (exact) mass is 652 g/mol. The molecule has 0 atom stereocenters. The lowest BCUT2D eigenvalue weighted by Crippen LogP contribution is -1.98. The average molecular weight is 653 g/mol. The summed E-state index contributed by atoms with van der Waals surface area (Å²) < 4.78 is 11.6. The highest BCUT2D eigenvalue weighted by Gasteiger charge is 2.23. The molecule has 0 bridgehead atoms. The zero-order valence-corrected chi connectivity index (χ0v) is 27.4. The van der Waals surface area contributed by atoms with E-state index in [1.807, 2.05) is 48.5 Å². The van der Waals surface area contributed by atoms with Crippen molar-refractivity contribution >= 4 is 65.7 Å². The molecule has 0 amide bonds. The van der Waals surface area contributed by atoms with Gasteiger partial charge in [-0.25, -0.2) is 9.97 Å². The Hall–Kier alpha value is -6.98. The van der Waals surface area contributed by atoms with Crippen molar-refractivity contribution in [1.82, 2.24) is 19.1 Å². The van der Waals surface area contributed by atoms with Crippen molar-refractivity contribution in [2.45, 2.75) is 0 Å². The van der Waals surface area contributed by atoms with E-state index in [-0.39, 0.29) is 0 Å². The van der Waals surface area contributed by atoms with Gasteiger partial charge in [-0.05, 0) is 36.4 Å². The molecule has 0 fully saturated rings. The maximum Gasteiger partial charge on any atom is 0.180 e. The summed E-state index contributed by atoms with van der Waals surface area (Å²) in [5.41, 5.74) is 11.8. The Morgan fingerprint density at radius 1 is 0.412 bits per heavy atom. The summed E-state index contributed by atoms with van der Waals surface area (Å²) in [5, 5.41) is 5.80. The van der Waals surface area contributed by atoms with E-state index in [2.05, 4.69) is 130 Å². The Balaban J connectivity index is 1.24. The molecule has 0 spiro atoms. The average Bonchev–Trinajstić information content (AvgIpc) is 3.86. The van der Waals surface area contributed by atoms with E-state index in [9.17, 15) is 0 Å². The van der Waals surface area contributed by atoms with Crippen LogP contribution >= 0.6 is 0 Å². The minimum Gasteiger partial charge on any atom is -0.452 e. The van der Waals surface area contributed by atoms with Gasteiger partial charge in [-0.3, -0.25) is 0 Å². The lowest BCUT2D eigenvalue weighted by Gasteiger charge is -2.12. The molecule has 0 unspecified atom stereocenters. The zero-order valence-electron chi connectivity index (χ0n) is 27.4. The maximum absolute atomic E-state index is 6.78. The Morgan fingerprint density at radius 3 is 1.59 bits per heavy atom. The highest BCUT2D eigenvalue weighted by molar-refractivity contribution is 6.24. The quantitative estimate of drug-likeness (QED) is 0.190. The van der Waals surface area contributed by atoms with E-state index in [1.54, 1.807) is 0 Å². The summed E-state index contributed by atoms with van der Waals surface area (Å²) >= 11 is 0. The van der Waals surface area contributed by atoms with Gasteiger partial charge in [0.25, 0.3) is 0 Å². The van der Waals surface area contributed by atoms with Gasteiger partial charge >= 0.3 is 0 Å². The summed E-state index contributed by atoms with van der Waals surface area (Å²) in [6, 6.07) is 59.5. The van der Waals surface area contributed by atoms with E-state index in [1.165, 1.54) is 32.6 Å². The minimum atomic E-state index is 0.673. The predicted octanol–water partition coefficient (Wildman–Crippen LogP) is 11.9. The van der Waals surface area contributed by atoms with Gasteiger partial charge in [0.05, 0.1) is 27.8 Å². The van der Waals surface area contributed by atoms with Gasteiger partial charge in [0.1, 0.15) is 16.8 Å². The SMILES string of the molecule is c1ccc(-c2nc(-c3ccccc3)c3oc4cc(-n5c6ccccc6c6ccc7c8ccccc8n(-c8ccccc8)c7c65)ccc4c3n2)cc1. The highest BCUT2D eigenvalue weighted by atomic mass is 16.3. The summed E-state index contributed by atoms with van der Waals surface area (Å²) in [5.74, 6) is 0.673. The molecular weight excluding hydrogens is 625 g/mol. The van der Waals surface area contributed by atoms with Crippen LogP contribution in [0.3, 0.4) is 0 Å². The largest absolute Gasteiger partial charge is 0.452 e. The van der Waals surface area contributed by atoms with Gasteiger partial charge in [-0.2, -0.15) is 0 Å². The molecule has 5 nitrogen and oxygen atoms in total.